The molecule has 7 nitrogen and oxygen atoms in total. The molecule has 0 aromatic rings. The summed E-state index contributed by atoms with van der Waals surface area (Å²) in [5, 5.41) is 0. The van der Waals surface area contributed by atoms with Crippen molar-refractivity contribution >= 4 is 48.9 Å². The summed E-state index contributed by atoms with van der Waals surface area (Å²) < 4.78 is 47.9. The second kappa shape index (κ2) is 17.1. The Bertz CT molecular complexity index is 27.1. The van der Waals surface area contributed by atoms with Gasteiger partial charge >= 0.3 is 0 Å². The normalized spacial score (nSPS) is 7.20. The predicted molar refractivity (Wildman–Crippen MR) is 13.8 cm³/mol. The third kappa shape index (κ3) is 222. The molecule has 0 unspecified atom stereocenters. The van der Waals surface area contributed by atoms with Gasteiger partial charge in [-0.05, 0) is 0 Å². The Hall–Kier alpha value is 1.87. The molecule has 0 fully saturated rings. The van der Waals surface area contributed by atoms with Gasteiger partial charge in [0.25, 0.3) is 21.6 Å². The van der Waals surface area contributed by atoms with E-state index in [4.69, 9.17) is 28.0 Å². The number of halogens is 2. The molecular formula is H4BaCl2O7. The van der Waals surface area contributed by atoms with E-state index in [1.807, 2.05) is 0 Å². The predicted octanol–water partition coefficient (Wildman–Crippen LogP) is -7.08. The second-order valence-electron chi connectivity index (χ2n) is 0.402. The Balaban J connectivity index is -0.0000000300. The summed E-state index contributed by atoms with van der Waals surface area (Å²) in [5.74, 6) is 0. The van der Waals surface area contributed by atoms with Gasteiger partial charge in [-0.3, -0.25) is 0 Å². The molecule has 0 aliphatic heterocycles. The molecule has 0 saturated heterocycles. The molecule has 0 rings (SSSR count). The number of hydrogen-bond acceptors (Lipinski definition) is 6. The molecule has 0 amide bonds. The molecule has 4 N–H and O–H groups in total. The molecule has 10 heavy (non-hydrogen) atoms. The first-order valence-electron chi connectivity index (χ1n) is 0.955. The first-order valence-corrected chi connectivity index (χ1v) is 2.87. The van der Waals surface area contributed by atoms with Crippen molar-refractivity contribution in [3.8, 4) is 0 Å². The zero-order valence-electron chi connectivity index (χ0n) is 4.49. The zero-order valence-corrected chi connectivity index (χ0v) is 10.4. The summed E-state index contributed by atoms with van der Waals surface area (Å²) in [6.45, 7) is 0. The fourth-order valence-electron chi connectivity index (χ4n) is 0. The molecule has 62 valence electrons. The van der Waals surface area contributed by atoms with E-state index in [1.54, 1.807) is 0 Å². The van der Waals surface area contributed by atoms with E-state index in [1.165, 1.54) is 0 Å². The summed E-state index contributed by atoms with van der Waals surface area (Å²) in [5.41, 5.74) is 0. The van der Waals surface area contributed by atoms with Crippen molar-refractivity contribution in [3.05, 3.63) is 0 Å². The average molecular weight is 324 g/mol. The third-order valence-corrected chi connectivity index (χ3v) is 0. The van der Waals surface area contributed by atoms with Gasteiger partial charge in [0.1, 0.15) is 0 Å². The first-order chi connectivity index (χ1) is 3.46. The van der Waals surface area contributed by atoms with Crippen molar-refractivity contribution in [3.63, 3.8) is 0 Å². The second-order valence-corrected chi connectivity index (χ2v) is 1.21. The Labute approximate surface area is 102 Å². The monoisotopic (exact) mass is 324 g/mol. The Morgan fingerprint density at radius 2 is 0.800 bits per heavy atom. The van der Waals surface area contributed by atoms with Gasteiger partial charge in [0.2, 0.25) is 0 Å². The van der Waals surface area contributed by atoms with Crippen LogP contribution >= 0.6 is 0 Å². The maximum Gasteiger partial charge on any atom is 0.282 e. The molecule has 0 aliphatic carbocycles. The largest absolute Gasteiger partial charge is 0.412 e. The van der Waals surface area contributed by atoms with Crippen molar-refractivity contribution in [1.29, 1.82) is 0 Å². The smallest absolute Gasteiger partial charge is 0.282 e. The summed E-state index contributed by atoms with van der Waals surface area (Å²) in [6, 6.07) is 0. The van der Waals surface area contributed by atoms with Gasteiger partial charge in [0.05, 0.1) is 0 Å². The van der Waals surface area contributed by atoms with E-state index in [-0.39, 0.29) is 54.4 Å². The Morgan fingerprint density at radius 1 is 0.800 bits per heavy atom. The van der Waals surface area contributed by atoms with Crippen LogP contribution in [0.15, 0.2) is 0 Å². The van der Waals surface area contributed by atoms with E-state index >= 15 is 0 Å². The van der Waals surface area contributed by atoms with Gasteiger partial charge in [0, 0.05) is 58.2 Å². The van der Waals surface area contributed by atoms with Crippen molar-refractivity contribution in [2.24, 2.45) is 0 Å². The fraction of sp³-hybridized carbons (Fsp3) is 0. The van der Waals surface area contributed by atoms with E-state index in [2.05, 4.69) is 0 Å². The van der Waals surface area contributed by atoms with Gasteiger partial charge in [0.15, 0.2) is 0 Å². The topological polar surface area (TPSA) is 164 Å². The maximum absolute atomic E-state index is 8.52. The summed E-state index contributed by atoms with van der Waals surface area (Å²) in [6.07, 6.45) is 0. The van der Waals surface area contributed by atoms with Crippen LogP contribution in [0.2, 0.25) is 0 Å². The molecule has 0 aromatic heterocycles. The standard InChI is InChI=1S/Ba.2ClHO3.H2O/c;2*2-1(3)4;/h;2*2H;1H2. The quantitative estimate of drug-likeness (QED) is 0.420. The van der Waals surface area contributed by atoms with E-state index in [0.717, 1.165) is 0 Å². The van der Waals surface area contributed by atoms with Crippen LogP contribution in [0.1, 0.15) is 0 Å². The van der Waals surface area contributed by atoms with Gasteiger partial charge in [-0.15, -0.1) is 0 Å². The minimum Gasteiger partial charge on any atom is -0.412 e. The van der Waals surface area contributed by atoms with Gasteiger partial charge in [-0.1, -0.05) is 0 Å². The minimum atomic E-state index is -2.60. The van der Waals surface area contributed by atoms with Crippen molar-refractivity contribution in [1.82, 2.24) is 0 Å². The van der Waals surface area contributed by atoms with Crippen LogP contribution in [-0.4, -0.2) is 63.7 Å². The molecule has 0 spiro atoms. The molecule has 0 saturated carbocycles. The third-order valence-electron chi connectivity index (χ3n) is 0. The van der Waals surface area contributed by atoms with Crippen molar-refractivity contribution in [2.75, 3.05) is 0 Å². The van der Waals surface area contributed by atoms with Crippen molar-refractivity contribution < 1.29 is 55.0 Å². The van der Waals surface area contributed by atoms with Crippen molar-refractivity contribution in [2.45, 2.75) is 0 Å². The average Bonchev–Trinajstić information content (AvgIpc) is 1.25. The van der Waals surface area contributed by atoms with Crippen LogP contribution < -0.4 is 18.6 Å². The molecule has 0 aliphatic rings. The molecule has 2 radical (unpaired) electrons. The molecule has 0 heterocycles. The zero-order chi connectivity index (χ0) is 7.15. The van der Waals surface area contributed by atoms with E-state index < -0.39 is 21.6 Å². The molecule has 0 aromatic carbocycles. The number of hydrogen-bond donors (Lipinski definition) is 2. The fourth-order valence-corrected chi connectivity index (χ4v) is 0. The summed E-state index contributed by atoms with van der Waals surface area (Å²) >= 11 is 0. The Kier molecular flexibility index (Phi) is 38.7. The van der Waals surface area contributed by atoms with Crippen LogP contribution in [0.25, 0.3) is 0 Å². The van der Waals surface area contributed by atoms with Gasteiger partial charge < -0.3 is 24.1 Å². The van der Waals surface area contributed by atoms with Crippen LogP contribution in [0.3, 0.4) is 0 Å². The summed E-state index contributed by atoms with van der Waals surface area (Å²) in [4.78, 5) is 0. The van der Waals surface area contributed by atoms with E-state index in [0.29, 0.717) is 0 Å². The summed E-state index contributed by atoms with van der Waals surface area (Å²) in [7, 11) is -5.20. The van der Waals surface area contributed by atoms with Gasteiger partial charge in [-0.2, -0.15) is 0 Å². The SMILES string of the molecule is O.[Ba].[O-][Cl+2]([O-])O.[O-][Cl+2]([O-])O. The molecule has 10 heteroatoms. The van der Waals surface area contributed by atoms with Crippen LogP contribution in [0, 0.1) is 21.6 Å². The van der Waals surface area contributed by atoms with Crippen LogP contribution in [0.5, 0.6) is 0 Å². The first kappa shape index (κ1) is 22.6. The van der Waals surface area contributed by atoms with E-state index in [9.17, 15) is 0 Å². The Morgan fingerprint density at radius 3 is 0.800 bits per heavy atom. The van der Waals surface area contributed by atoms with Crippen LogP contribution in [0.4, 0.5) is 0 Å². The maximum atomic E-state index is 8.52. The molecule has 0 atom stereocenters. The molecular weight excluding hydrogens is 320 g/mol. The van der Waals surface area contributed by atoms with Gasteiger partial charge in [-0.25, -0.2) is 0 Å². The number of rotatable bonds is 0. The minimum absolute atomic E-state index is 0. The molecule has 0 bridgehead atoms. The van der Waals surface area contributed by atoms with Crippen LogP contribution in [-0.2, 0) is 0 Å².